The fraction of sp³-hybridized carbons (Fsp3) is 0.136. The number of benzene rings is 3. The summed E-state index contributed by atoms with van der Waals surface area (Å²) < 4.78 is 25.9. The number of hydrogen-bond acceptors (Lipinski definition) is 4. The van der Waals surface area contributed by atoms with E-state index >= 15 is 0 Å². The number of nitrogens with zero attached hydrogens (tertiary/aromatic N) is 1. The Labute approximate surface area is 175 Å². The molecule has 1 N–H and O–H groups in total. The first-order valence-corrected chi connectivity index (χ1v) is 11.7. The summed E-state index contributed by atoms with van der Waals surface area (Å²) in [6.45, 7) is 1.58. The molecule has 7 heteroatoms. The van der Waals surface area contributed by atoms with Crippen LogP contribution in [-0.2, 0) is 14.8 Å². The van der Waals surface area contributed by atoms with Crippen molar-refractivity contribution < 1.29 is 13.2 Å². The third-order valence-corrected chi connectivity index (χ3v) is 6.54. The number of para-hydroxylation sites is 2. The van der Waals surface area contributed by atoms with Crippen LogP contribution in [0.2, 0.25) is 0 Å². The molecule has 0 radical (unpaired) electrons. The van der Waals surface area contributed by atoms with E-state index in [2.05, 4.69) is 5.32 Å². The molecule has 3 aromatic rings. The largest absolute Gasteiger partial charge is 0.323 e. The van der Waals surface area contributed by atoms with E-state index in [0.717, 1.165) is 20.4 Å². The van der Waals surface area contributed by atoms with Crippen LogP contribution in [0.5, 0.6) is 0 Å². The quantitative estimate of drug-likeness (QED) is 0.598. The first-order chi connectivity index (χ1) is 13.9. The highest BCUT2D eigenvalue weighted by Gasteiger charge is 2.29. The Hall–Kier alpha value is -2.77. The number of rotatable bonds is 7. The summed E-state index contributed by atoms with van der Waals surface area (Å²) >= 11 is 1.53. The molecule has 0 saturated heterocycles. The highest BCUT2D eigenvalue weighted by Crippen LogP contribution is 2.33. The van der Waals surface area contributed by atoms with Gasteiger partial charge in [-0.2, -0.15) is 0 Å². The SMILES string of the molecule is C[C@H](C(=O)Nc1ccccc1Sc1ccccc1)N(c1ccccc1)S(C)(=O)=O. The fourth-order valence-corrected chi connectivity index (χ4v) is 4.99. The Balaban J connectivity index is 1.84. The van der Waals surface area contributed by atoms with E-state index in [4.69, 9.17) is 0 Å². The predicted molar refractivity (Wildman–Crippen MR) is 119 cm³/mol. The van der Waals surface area contributed by atoms with Gasteiger partial charge in [0.05, 0.1) is 17.6 Å². The molecule has 0 aliphatic carbocycles. The Morgan fingerprint density at radius 3 is 2.07 bits per heavy atom. The average Bonchev–Trinajstić information content (AvgIpc) is 2.70. The van der Waals surface area contributed by atoms with Gasteiger partial charge in [0.15, 0.2) is 0 Å². The zero-order valence-electron chi connectivity index (χ0n) is 16.1. The van der Waals surface area contributed by atoms with Gasteiger partial charge >= 0.3 is 0 Å². The maximum Gasteiger partial charge on any atom is 0.248 e. The molecular weight excluding hydrogens is 404 g/mol. The van der Waals surface area contributed by atoms with Crippen molar-refractivity contribution >= 4 is 39.1 Å². The standard InChI is InChI=1S/C22H22N2O3S2/c1-17(24(29(2,26)27)18-11-5-3-6-12-18)22(25)23-20-15-9-10-16-21(20)28-19-13-7-4-8-14-19/h3-17H,1-2H3,(H,23,25)/t17-/m1/s1. The molecule has 150 valence electrons. The highest BCUT2D eigenvalue weighted by molar-refractivity contribution is 7.99. The molecule has 0 bridgehead atoms. The van der Waals surface area contributed by atoms with Crippen molar-refractivity contribution in [3.63, 3.8) is 0 Å². The molecule has 0 saturated carbocycles. The van der Waals surface area contributed by atoms with Crippen molar-refractivity contribution in [3.05, 3.63) is 84.9 Å². The van der Waals surface area contributed by atoms with Crippen molar-refractivity contribution in [2.24, 2.45) is 0 Å². The van der Waals surface area contributed by atoms with Gasteiger partial charge in [0.2, 0.25) is 15.9 Å². The lowest BCUT2D eigenvalue weighted by Gasteiger charge is -2.28. The van der Waals surface area contributed by atoms with Gasteiger partial charge < -0.3 is 5.32 Å². The molecule has 0 aliphatic rings. The van der Waals surface area contributed by atoms with E-state index in [0.29, 0.717) is 11.4 Å². The van der Waals surface area contributed by atoms with E-state index in [-0.39, 0.29) is 0 Å². The molecule has 0 heterocycles. The van der Waals surface area contributed by atoms with E-state index < -0.39 is 22.0 Å². The summed E-state index contributed by atoms with van der Waals surface area (Å²) in [4.78, 5) is 14.9. The van der Waals surface area contributed by atoms with Crippen LogP contribution in [0.3, 0.4) is 0 Å². The molecular formula is C22H22N2O3S2. The molecule has 5 nitrogen and oxygen atoms in total. The summed E-state index contributed by atoms with van der Waals surface area (Å²) in [7, 11) is -3.65. The normalized spacial score (nSPS) is 12.2. The number of amides is 1. The van der Waals surface area contributed by atoms with E-state index in [1.807, 2.05) is 54.6 Å². The van der Waals surface area contributed by atoms with Crippen LogP contribution in [0.15, 0.2) is 94.7 Å². The van der Waals surface area contributed by atoms with Crippen LogP contribution in [0.4, 0.5) is 11.4 Å². The van der Waals surface area contributed by atoms with Crippen LogP contribution in [0.1, 0.15) is 6.92 Å². The summed E-state index contributed by atoms with van der Waals surface area (Å²) in [5.41, 5.74) is 1.09. The third kappa shape index (κ3) is 5.40. The van der Waals surface area contributed by atoms with Crippen LogP contribution in [0, 0.1) is 0 Å². The maximum atomic E-state index is 13.0. The zero-order chi connectivity index (χ0) is 20.9. The molecule has 3 rings (SSSR count). The second-order valence-corrected chi connectivity index (χ2v) is 9.45. The first-order valence-electron chi connectivity index (χ1n) is 9.03. The molecule has 3 aromatic carbocycles. The van der Waals surface area contributed by atoms with Gasteiger partial charge in [-0.3, -0.25) is 9.10 Å². The molecule has 0 fully saturated rings. The summed E-state index contributed by atoms with van der Waals surface area (Å²) in [6, 6.07) is 25.0. The lowest BCUT2D eigenvalue weighted by molar-refractivity contribution is -0.116. The van der Waals surface area contributed by atoms with Gasteiger partial charge in [-0.05, 0) is 43.3 Å². The summed E-state index contributed by atoms with van der Waals surface area (Å²) in [5, 5.41) is 2.89. The second kappa shape index (κ2) is 9.15. The first kappa shape index (κ1) is 21.0. The number of carbonyl (C=O) groups excluding carboxylic acids is 1. The van der Waals surface area contributed by atoms with Crippen LogP contribution in [0.25, 0.3) is 0 Å². The molecule has 0 aliphatic heterocycles. The average molecular weight is 427 g/mol. The van der Waals surface area contributed by atoms with E-state index in [1.54, 1.807) is 37.3 Å². The minimum Gasteiger partial charge on any atom is -0.323 e. The number of anilines is 2. The maximum absolute atomic E-state index is 13.0. The van der Waals surface area contributed by atoms with Crippen molar-refractivity contribution in [3.8, 4) is 0 Å². The molecule has 1 amide bonds. The van der Waals surface area contributed by atoms with Crippen LogP contribution in [-0.4, -0.2) is 26.6 Å². The summed E-state index contributed by atoms with van der Waals surface area (Å²) in [5.74, 6) is -0.402. The van der Waals surface area contributed by atoms with E-state index in [9.17, 15) is 13.2 Å². The predicted octanol–water partition coefficient (Wildman–Crippen LogP) is 4.63. The van der Waals surface area contributed by atoms with Crippen molar-refractivity contribution in [1.82, 2.24) is 0 Å². The Morgan fingerprint density at radius 2 is 1.45 bits per heavy atom. The third-order valence-electron chi connectivity index (χ3n) is 4.22. The minimum absolute atomic E-state index is 0.402. The monoisotopic (exact) mass is 426 g/mol. The van der Waals surface area contributed by atoms with Crippen molar-refractivity contribution in [1.29, 1.82) is 0 Å². The minimum atomic E-state index is -3.65. The number of nitrogens with one attached hydrogen (secondary N) is 1. The van der Waals surface area contributed by atoms with Gasteiger partial charge in [-0.15, -0.1) is 0 Å². The van der Waals surface area contributed by atoms with Gasteiger partial charge in [-0.25, -0.2) is 8.42 Å². The van der Waals surface area contributed by atoms with E-state index in [1.165, 1.54) is 11.8 Å². The van der Waals surface area contributed by atoms with Crippen molar-refractivity contribution in [2.75, 3.05) is 15.9 Å². The fourth-order valence-electron chi connectivity index (χ4n) is 2.90. The number of hydrogen-bond donors (Lipinski definition) is 1. The zero-order valence-corrected chi connectivity index (χ0v) is 17.8. The molecule has 0 spiro atoms. The molecule has 0 aromatic heterocycles. The Kier molecular flexibility index (Phi) is 6.61. The second-order valence-electron chi connectivity index (χ2n) is 6.47. The molecule has 29 heavy (non-hydrogen) atoms. The smallest absolute Gasteiger partial charge is 0.248 e. The Bertz CT molecular complexity index is 1070. The lowest BCUT2D eigenvalue weighted by Crippen LogP contribution is -2.45. The number of carbonyl (C=O) groups is 1. The Morgan fingerprint density at radius 1 is 0.897 bits per heavy atom. The van der Waals surface area contributed by atoms with Crippen LogP contribution < -0.4 is 9.62 Å². The van der Waals surface area contributed by atoms with Crippen LogP contribution >= 0.6 is 11.8 Å². The van der Waals surface area contributed by atoms with Gasteiger partial charge in [0.25, 0.3) is 0 Å². The topological polar surface area (TPSA) is 66.5 Å². The number of sulfonamides is 1. The van der Waals surface area contributed by atoms with Gasteiger partial charge in [0.1, 0.15) is 6.04 Å². The van der Waals surface area contributed by atoms with Crippen molar-refractivity contribution in [2.45, 2.75) is 22.8 Å². The highest BCUT2D eigenvalue weighted by atomic mass is 32.2. The molecule has 1 atom stereocenters. The van der Waals surface area contributed by atoms with Gasteiger partial charge in [-0.1, -0.05) is 60.3 Å². The summed E-state index contributed by atoms with van der Waals surface area (Å²) in [6.07, 6.45) is 1.10. The van der Waals surface area contributed by atoms with Gasteiger partial charge in [0, 0.05) is 9.79 Å². The molecule has 0 unspecified atom stereocenters. The lowest BCUT2D eigenvalue weighted by atomic mass is 10.2.